The molecule has 1 unspecified atom stereocenters. The fraction of sp³-hybridized carbons (Fsp3) is 1.00. The maximum atomic E-state index is 12.4. The predicted molar refractivity (Wildman–Crippen MR) is 62.9 cm³/mol. The number of nitrogens with zero attached hydrogens (tertiary/aromatic N) is 1. The van der Waals surface area contributed by atoms with Crippen LogP contribution in [-0.2, 0) is 0 Å². The summed E-state index contributed by atoms with van der Waals surface area (Å²) >= 11 is 4.22. The summed E-state index contributed by atoms with van der Waals surface area (Å²) in [5.74, 6) is 0.964. The van der Waals surface area contributed by atoms with Crippen LogP contribution in [0, 0.1) is 5.92 Å². The molecule has 0 amide bonds. The number of rotatable bonds is 7. The van der Waals surface area contributed by atoms with Gasteiger partial charge in [-0.25, -0.2) is 0 Å². The Balaban J connectivity index is 2.43. The molecule has 1 nitrogen and oxygen atoms in total. The van der Waals surface area contributed by atoms with E-state index in [9.17, 15) is 13.2 Å². The number of hydrogen-bond donors (Lipinski definition) is 1. The van der Waals surface area contributed by atoms with E-state index in [0.717, 1.165) is 25.7 Å². The standard InChI is InChI=1S/C11H20F3NS/c1-2-3-9(7-16)6-15(10-4-5-10)8-11(12,13)14/h9-10,16H,2-8H2,1H3. The van der Waals surface area contributed by atoms with E-state index in [2.05, 4.69) is 19.6 Å². The van der Waals surface area contributed by atoms with Crippen molar-refractivity contribution in [2.75, 3.05) is 18.8 Å². The van der Waals surface area contributed by atoms with Crippen molar-refractivity contribution in [3.63, 3.8) is 0 Å². The minimum Gasteiger partial charge on any atom is -0.292 e. The summed E-state index contributed by atoms with van der Waals surface area (Å²) in [6.07, 6.45) is -0.265. The van der Waals surface area contributed by atoms with Gasteiger partial charge in [-0.2, -0.15) is 25.8 Å². The van der Waals surface area contributed by atoms with Gasteiger partial charge in [-0.05, 0) is 30.9 Å². The molecule has 0 aliphatic heterocycles. The van der Waals surface area contributed by atoms with Crippen molar-refractivity contribution in [3.8, 4) is 0 Å². The van der Waals surface area contributed by atoms with Crippen LogP contribution in [0.3, 0.4) is 0 Å². The Kier molecular flexibility index (Phi) is 5.44. The summed E-state index contributed by atoms with van der Waals surface area (Å²) in [5.41, 5.74) is 0. The molecule has 0 radical (unpaired) electrons. The molecular weight excluding hydrogens is 235 g/mol. The summed E-state index contributed by atoms with van der Waals surface area (Å²) in [7, 11) is 0. The van der Waals surface area contributed by atoms with Gasteiger partial charge in [0.1, 0.15) is 0 Å². The Morgan fingerprint density at radius 2 is 2.00 bits per heavy atom. The van der Waals surface area contributed by atoms with E-state index in [4.69, 9.17) is 0 Å². The van der Waals surface area contributed by atoms with E-state index in [-0.39, 0.29) is 12.0 Å². The first-order valence-corrected chi connectivity index (χ1v) is 6.51. The van der Waals surface area contributed by atoms with Crippen molar-refractivity contribution in [1.29, 1.82) is 0 Å². The molecule has 1 saturated carbocycles. The molecule has 0 aromatic heterocycles. The summed E-state index contributed by atoms with van der Waals surface area (Å²) in [5, 5.41) is 0. The smallest absolute Gasteiger partial charge is 0.292 e. The highest BCUT2D eigenvalue weighted by molar-refractivity contribution is 7.80. The van der Waals surface area contributed by atoms with Crippen molar-refractivity contribution in [1.82, 2.24) is 4.90 Å². The first-order valence-electron chi connectivity index (χ1n) is 5.88. The van der Waals surface area contributed by atoms with E-state index >= 15 is 0 Å². The van der Waals surface area contributed by atoms with Crippen molar-refractivity contribution in [3.05, 3.63) is 0 Å². The zero-order valence-electron chi connectivity index (χ0n) is 9.63. The molecule has 96 valence electrons. The van der Waals surface area contributed by atoms with Gasteiger partial charge in [-0.3, -0.25) is 4.90 Å². The lowest BCUT2D eigenvalue weighted by Crippen LogP contribution is -2.39. The van der Waals surface area contributed by atoms with E-state index in [1.54, 1.807) is 4.90 Å². The Bertz CT molecular complexity index is 204. The van der Waals surface area contributed by atoms with E-state index in [1.807, 2.05) is 0 Å². The fourth-order valence-corrected chi connectivity index (χ4v) is 2.29. The molecule has 0 N–H and O–H groups in total. The molecule has 0 heterocycles. The molecular formula is C11H20F3NS. The molecule has 1 fully saturated rings. The van der Waals surface area contributed by atoms with Crippen LogP contribution < -0.4 is 0 Å². The molecule has 0 aromatic rings. The first-order chi connectivity index (χ1) is 7.46. The second-order valence-electron chi connectivity index (χ2n) is 4.61. The van der Waals surface area contributed by atoms with E-state index in [0.29, 0.717) is 12.3 Å². The third-order valence-corrected chi connectivity index (χ3v) is 3.41. The zero-order chi connectivity index (χ0) is 12.2. The number of hydrogen-bond acceptors (Lipinski definition) is 2. The van der Waals surface area contributed by atoms with Crippen LogP contribution in [0.15, 0.2) is 0 Å². The van der Waals surface area contributed by atoms with Crippen LogP contribution in [0.2, 0.25) is 0 Å². The maximum absolute atomic E-state index is 12.4. The lowest BCUT2D eigenvalue weighted by Gasteiger charge is -2.27. The van der Waals surface area contributed by atoms with Crippen molar-refractivity contribution >= 4 is 12.6 Å². The Morgan fingerprint density at radius 1 is 1.38 bits per heavy atom. The van der Waals surface area contributed by atoms with Crippen LogP contribution in [-0.4, -0.2) is 36.0 Å². The van der Waals surface area contributed by atoms with Crippen LogP contribution in [0.5, 0.6) is 0 Å². The van der Waals surface area contributed by atoms with Crippen molar-refractivity contribution in [2.24, 2.45) is 5.92 Å². The minimum absolute atomic E-state index is 0.167. The Labute approximate surface area is 101 Å². The molecule has 1 aliphatic rings. The molecule has 0 spiro atoms. The highest BCUT2D eigenvalue weighted by Gasteiger charge is 2.38. The molecule has 0 aromatic carbocycles. The monoisotopic (exact) mass is 255 g/mol. The number of alkyl halides is 3. The maximum Gasteiger partial charge on any atom is 0.401 e. The van der Waals surface area contributed by atoms with E-state index < -0.39 is 12.7 Å². The molecule has 1 aliphatic carbocycles. The lowest BCUT2D eigenvalue weighted by molar-refractivity contribution is -0.148. The quantitative estimate of drug-likeness (QED) is 0.683. The predicted octanol–water partition coefficient (Wildman–Crippen LogP) is 3.36. The van der Waals surface area contributed by atoms with Gasteiger partial charge in [-0.15, -0.1) is 0 Å². The van der Waals surface area contributed by atoms with Gasteiger partial charge >= 0.3 is 6.18 Å². The molecule has 0 saturated heterocycles. The summed E-state index contributed by atoms with van der Waals surface area (Å²) in [6, 6.07) is 0.167. The number of halogens is 3. The lowest BCUT2D eigenvalue weighted by atomic mass is 10.1. The zero-order valence-corrected chi connectivity index (χ0v) is 10.5. The Morgan fingerprint density at radius 3 is 2.38 bits per heavy atom. The fourth-order valence-electron chi connectivity index (χ4n) is 1.99. The molecule has 1 atom stereocenters. The third-order valence-electron chi connectivity index (χ3n) is 2.89. The van der Waals surface area contributed by atoms with Crippen molar-refractivity contribution < 1.29 is 13.2 Å². The van der Waals surface area contributed by atoms with Gasteiger partial charge in [0.15, 0.2) is 0 Å². The average Bonchev–Trinajstić information content (AvgIpc) is 2.96. The first kappa shape index (κ1) is 14.2. The van der Waals surface area contributed by atoms with Gasteiger partial charge in [0, 0.05) is 12.6 Å². The van der Waals surface area contributed by atoms with Crippen LogP contribution >= 0.6 is 12.6 Å². The van der Waals surface area contributed by atoms with Gasteiger partial charge in [0.25, 0.3) is 0 Å². The van der Waals surface area contributed by atoms with Gasteiger partial charge in [0.05, 0.1) is 6.54 Å². The number of thiol groups is 1. The molecule has 16 heavy (non-hydrogen) atoms. The highest BCUT2D eigenvalue weighted by Crippen LogP contribution is 2.31. The van der Waals surface area contributed by atoms with Gasteiger partial charge in [-0.1, -0.05) is 13.3 Å². The van der Waals surface area contributed by atoms with Crippen LogP contribution in [0.25, 0.3) is 0 Å². The molecule has 5 heteroatoms. The second-order valence-corrected chi connectivity index (χ2v) is 4.98. The SMILES string of the molecule is CCCC(CS)CN(CC(F)(F)F)C1CC1. The topological polar surface area (TPSA) is 3.24 Å². The van der Waals surface area contributed by atoms with Gasteiger partial charge in [0.2, 0.25) is 0 Å². The third kappa shape index (κ3) is 5.43. The normalized spacial score (nSPS) is 19.1. The van der Waals surface area contributed by atoms with E-state index in [1.165, 1.54) is 0 Å². The Hall–Kier alpha value is 0.100. The highest BCUT2D eigenvalue weighted by atomic mass is 32.1. The van der Waals surface area contributed by atoms with Crippen molar-refractivity contribution in [2.45, 2.75) is 44.8 Å². The van der Waals surface area contributed by atoms with Crippen LogP contribution in [0.4, 0.5) is 13.2 Å². The minimum atomic E-state index is -4.07. The summed E-state index contributed by atoms with van der Waals surface area (Å²) < 4.78 is 37.1. The summed E-state index contributed by atoms with van der Waals surface area (Å²) in [4.78, 5) is 1.59. The molecule has 0 bridgehead atoms. The second kappa shape index (κ2) is 6.15. The average molecular weight is 255 g/mol. The largest absolute Gasteiger partial charge is 0.401 e. The van der Waals surface area contributed by atoms with Crippen LogP contribution in [0.1, 0.15) is 32.6 Å². The molecule has 1 rings (SSSR count). The summed E-state index contributed by atoms with van der Waals surface area (Å²) in [6.45, 7) is 1.84. The van der Waals surface area contributed by atoms with Gasteiger partial charge < -0.3 is 0 Å².